The normalized spacial score (nSPS) is 12.4. The minimum atomic E-state index is -0.388. The number of hydrogen-bond acceptors (Lipinski definition) is 5. The lowest BCUT2D eigenvalue weighted by atomic mass is 10.3. The zero-order valence-corrected chi connectivity index (χ0v) is 10.9. The molecule has 0 fully saturated rings. The molecule has 0 radical (unpaired) electrons. The third-order valence-electron chi connectivity index (χ3n) is 2.26. The van der Waals surface area contributed by atoms with Gasteiger partial charge in [0, 0.05) is 6.04 Å². The van der Waals surface area contributed by atoms with E-state index >= 15 is 0 Å². The molecule has 0 aromatic carbocycles. The van der Waals surface area contributed by atoms with Crippen molar-refractivity contribution in [1.82, 2.24) is 20.5 Å². The third kappa shape index (κ3) is 3.97. The minimum Gasteiger partial charge on any atom is -0.352 e. The number of aryl methyl sites for hydroxylation is 2. The van der Waals surface area contributed by atoms with E-state index in [9.17, 15) is 4.79 Å². The zero-order valence-electron chi connectivity index (χ0n) is 10.9. The molecule has 1 atom stereocenters. The second kappa shape index (κ2) is 5.56. The number of anilines is 1. The molecule has 1 aromatic rings. The Morgan fingerprint density at radius 3 is 2.29 bits per heavy atom. The van der Waals surface area contributed by atoms with E-state index in [0.717, 1.165) is 11.4 Å². The number of nitrogens with one attached hydrogen (secondary N) is 2. The standard InChI is InChI=1S/C11H19N5O/c1-6(2)12-10(17)9(5)14-11-13-7(3)8(4)15-16-11/h6,9H,1-5H3,(H,12,17)(H,13,14,16). The van der Waals surface area contributed by atoms with Crippen molar-refractivity contribution in [3.8, 4) is 0 Å². The highest BCUT2D eigenvalue weighted by Gasteiger charge is 2.14. The van der Waals surface area contributed by atoms with Crippen LogP contribution in [0.15, 0.2) is 0 Å². The lowest BCUT2D eigenvalue weighted by Crippen LogP contribution is -2.41. The van der Waals surface area contributed by atoms with Crippen LogP contribution >= 0.6 is 0 Å². The molecule has 0 spiro atoms. The monoisotopic (exact) mass is 237 g/mol. The molecule has 1 heterocycles. The summed E-state index contributed by atoms with van der Waals surface area (Å²) in [5.74, 6) is 0.293. The summed E-state index contributed by atoms with van der Waals surface area (Å²) >= 11 is 0. The second-order valence-corrected chi connectivity index (χ2v) is 4.34. The zero-order chi connectivity index (χ0) is 13.0. The fourth-order valence-electron chi connectivity index (χ4n) is 1.19. The molecule has 0 aliphatic rings. The topological polar surface area (TPSA) is 79.8 Å². The quantitative estimate of drug-likeness (QED) is 0.810. The summed E-state index contributed by atoms with van der Waals surface area (Å²) in [6.45, 7) is 9.29. The van der Waals surface area contributed by atoms with E-state index in [1.807, 2.05) is 27.7 Å². The molecule has 1 rings (SSSR count). The molecule has 0 saturated heterocycles. The minimum absolute atomic E-state index is 0.0816. The van der Waals surface area contributed by atoms with Gasteiger partial charge in [0.05, 0.1) is 11.4 Å². The Kier molecular flexibility index (Phi) is 4.37. The van der Waals surface area contributed by atoms with Gasteiger partial charge in [-0.25, -0.2) is 4.98 Å². The summed E-state index contributed by atoms with van der Waals surface area (Å²) in [6, 6.07) is -0.271. The lowest BCUT2D eigenvalue weighted by Gasteiger charge is -2.15. The van der Waals surface area contributed by atoms with Crippen LogP contribution in [0, 0.1) is 13.8 Å². The van der Waals surface area contributed by atoms with E-state index < -0.39 is 0 Å². The van der Waals surface area contributed by atoms with Gasteiger partial charge in [0.25, 0.3) is 0 Å². The molecule has 94 valence electrons. The van der Waals surface area contributed by atoms with Crippen molar-refractivity contribution in [2.24, 2.45) is 0 Å². The van der Waals surface area contributed by atoms with Crippen molar-refractivity contribution in [2.45, 2.75) is 46.7 Å². The SMILES string of the molecule is Cc1nnc(NC(C)C(=O)NC(C)C)nc1C. The highest BCUT2D eigenvalue weighted by molar-refractivity contribution is 5.83. The van der Waals surface area contributed by atoms with E-state index in [0.29, 0.717) is 5.95 Å². The summed E-state index contributed by atoms with van der Waals surface area (Å²) in [4.78, 5) is 15.9. The van der Waals surface area contributed by atoms with Crippen LogP contribution < -0.4 is 10.6 Å². The Bertz CT molecular complexity index is 405. The first-order valence-electron chi connectivity index (χ1n) is 5.65. The van der Waals surface area contributed by atoms with Gasteiger partial charge in [-0.1, -0.05) is 0 Å². The Hall–Kier alpha value is -1.72. The van der Waals surface area contributed by atoms with Crippen LogP contribution in [-0.2, 0) is 4.79 Å². The van der Waals surface area contributed by atoms with Gasteiger partial charge in [-0.2, -0.15) is 5.10 Å². The van der Waals surface area contributed by atoms with Crippen LogP contribution in [0.2, 0.25) is 0 Å². The Morgan fingerprint density at radius 1 is 1.12 bits per heavy atom. The van der Waals surface area contributed by atoms with Crippen molar-refractivity contribution in [1.29, 1.82) is 0 Å². The molecule has 1 amide bonds. The first-order chi connectivity index (χ1) is 7.90. The van der Waals surface area contributed by atoms with Crippen LogP contribution in [0.25, 0.3) is 0 Å². The molecule has 2 N–H and O–H groups in total. The summed E-state index contributed by atoms with van der Waals surface area (Å²) in [5.41, 5.74) is 1.59. The smallest absolute Gasteiger partial charge is 0.243 e. The maximum atomic E-state index is 11.7. The predicted octanol–water partition coefficient (Wildman–Crippen LogP) is 0.813. The van der Waals surface area contributed by atoms with Gasteiger partial charge in [0.15, 0.2) is 0 Å². The number of carbonyl (C=O) groups is 1. The number of carbonyl (C=O) groups excluding carboxylic acids is 1. The molecule has 0 aliphatic carbocycles. The molecule has 0 bridgehead atoms. The average Bonchev–Trinajstić information content (AvgIpc) is 2.22. The average molecular weight is 237 g/mol. The Balaban J connectivity index is 2.64. The molecule has 6 nitrogen and oxygen atoms in total. The van der Waals surface area contributed by atoms with Crippen molar-refractivity contribution >= 4 is 11.9 Å². The van der Waals surface area contributed by atoms with E-state index in [-0.39, 0.29) is 18.0 Å². The van der Waals surface area contributed by atoms with E-state index in [1.54, 1.807) is 6.92 Å². The first kappa shape index (κ1) is 13.3. The number of rotatable bonds is 4. The summed E-state index contributed by atoms with van der Waals surface area (Å²) in [6.07, 6.45) is 0. The predicted molar refractivity (Wildman–Crippen MR) is 65.7 cm³/mol. The number of hydrogen-bond donors (Lipinski definition) is 2. The van der Waals surface area contributed by atoms with Crippen LogP contribution in [0.5, 0.6) is 0 Å². The van der Waals surface area contributed by atoms with E-state index in [1.165, 1.54) is 0 Å². The molecule has 0 saturated carbocycles. The van der Waals surface area contributed by atoms with Gasteiger partial charge in [-0.05, 0) is 34.6 Å². The van der Waals surface area contributed by atoms with Gasteiger partial charge >= 0.3 is 0 Å². The lowest BCUT2D eigenvalue weighted by molar-refractivity contribution is -0.122. The van der Waals surface area contributed by atoms with Gasteiger partial charge in [0.1, 0.15) is 6.04 Å². The highest BCUT2D eigenvalue weighted by Crippen LogP contribution is 2.03. The maximum Gasteiger partial charge on any atom is 0.243 e. The number of aromatic nitrogens is 3. The molecule has 1 unspecified atom stereocenters. The Morgan fingerprint density at radius 2 is 1.76 bits per heavy atom. The largest absolute Gasteiger partial charge is 0.352 e. The molecular formula is C11H19N5O. The number of amides is 1. The van der Waals surface area contributed by atoms with Crippen LogP contribution in [0.4, 0.5) is 5.95 Å². The van der Waals surface area contributed by atoms with E-state index in [4.69, 9.17) is 0 Å². The third-order valence-corrected chi connectivity index (χ3v) is 2.26. The van der Waals surface area contributed by atoms with E-state index in [2.05, 4.69) is 25.8 Å². The number of nitrogens with zero attached hydrogens (tertiary/aromatic N) is 3. The molecular weight excluding hydrogens is 218 g/mol. The molecule has 0 aliphatic heterocycles. The highest BCUT2D eigenvalue weighted by atomic mass is 16.2. The van der Waals surface area contributed by atoms with Gasteiger partial charge in [-0.3, -0.25) is 4.79 Å². The van der Waals surface area contributed by atoms with Crippen LogP contribution in [0.3, 0.4) is 0 Å². The summed E-state index contributed by atoms with van der Waals surface area (Å²) < 4.78 is 0. The van der Waals surface area contributed by atoms with Crippen molar-refractivity contribution in [3.05, 3.63) is 11.4 Å². The van der Waals surface area contributed by atoms with Gasteiger partial charge in [0.2, 0.25) is 11.9 Å². The van der Waals surface area contributed by atoms with Crippen molar-refractivity contribution < 1.29 is 4.79 Å². The fourth-order valence-corrected chi connectivity index (χ4v) is 1.19. The molecule has 1 aromatic heterocycles. The van der Waals surface area contributed by atoms with Crippen LogP contribution in [-0.4, -0.2) is 33.2 Å². The van der Waals surface area contributed by atoms with Crippen molar-refractivity contribution in [3.63, 3.8) is 0 Å². The fraction of sp³-hybridized carbons (Fsp3) is 0.636. The van der Waals surface area contributed by atoms with Gasteiger partial charge < -0.3 is 10.6 Å². The van der Waals surface area contributed by atoms with Crippen LogP contribution in [0.1, 0.15) is 32.2 Å². The van der Waals surface area contributed by atoms with Gasteiger partial charge in [-0.15, -0.1) is 5.10 Å². The first-order valence-corrected chi connectivity index (χ1v) is 5.65. The summed E-state index contributed by atoms with van der Waals surface area (Å²) in [7, 11) is 0. The Labute approximate surface area is 101 Å². The molecule has 17 heavy (non-hydrogen) atoms. The second-order valence-electron chi connectivity index (χ2n) is 4.34. The molecule has 6 heteroatoms. The maximum absolute atomic E-state index is 11.7. The summed E-state index contributed by atoms with van der Waals surface area (Å²) in [5, 5.41) is 13.6. The van der Waals surface area contributed by atoms with Crippen molar-refractivity contribution in [2.75, 3.05) is 5.32 Å².